The zero-order chi connectivity index (χ0) is 22.5. The van der Waals surface area contributed by atoms with E-state index >= 15 is 0 Å². The molecule has 0 saturated carbocycles. The molecule has 9 heteroatoms. The fourth-order valence-electron chi connectivity index (χ4n) is 4.07. The maximum atomic E-state index is 12.2. The average Bonchev–Trinajstić information content (AvgIpc) is 3.27. The van der Waals surface area contributed by atoms with Gasteiger partial charge in [-0.05, 0) is 69.4 Å². The number of piperidine rings is 1. The summed E-state index contributed by atoms with van der Waals surface area (Å²) in [7, 11) is 0. The van der Waals surface area contributed by atoms with Gasteiger partial charge in [-0.1, -0.05) is 0 Å². The number of nitrogens with one attached hydrogen (secondary N) is 1. The number of amides is 1. The van der Waals surface area contributed by atoms with Gasteiger partial charge in [-0.3, -0.25) is 9.59 Å². The lowest BCUT2D eigenvalue weighted by Crippen LogP contribution is -2.29. The van der Waals surface area contributed by atoms with E-state index < -0.39 is 5.97 Å². The molecule has 0 bridgehead atoms. The molecular formula is C23H28N6O3. The van der Waals surface area contributed by atoms with Gasteiger partial charge < -0.3 is 15.0 Å². The van der Waals surface area contributed by atoms with Crippen molar-refractivity contribution in [2.24, 2.45) is 0 Å². The molecule has 2 aromatic heterocycles. The van der Waals surface area contributed by atoms with Crippen LogP contribution in [-0.4, -0.2) is 51.2 Å². The Balaban J connectivity index is 1.24. The van der Waals surface area contributed by atoms with Crippen LogP contribution in [-0.2, 0) is 20.7 Å². The van der Waals surface area contributed by atoms with Gasteiger partial charge in [-0.15, -0.1) is 0 Å². The second-order valence-electron chi connectivity index (χ2n) is 8.04. The highest BCUT2D eigenvalue weighted by Gasteiger charge is 2.15. The van der Waals surface area contributed by atoms with Gasteiger partial charge in [0.2, 0.25) is 0 Å². The Labute approximate surface area is 186 Å². The van der Waals surface area contributed by atoms with Crippen LogP contribution in [0.15, 0.2) is 30.6 Å². The van der Waals surface area contributed by atoms with Gasteiger partial charge in [0.25, 0.3) is 11.7 Å². The number of aryl methyl sites for hydroxylation is 2. The summed E-state index contributed by atoms with van der Waals surface area (Å²) >= 11 is 0. The van der Waals surface area contributed by atoms with Crippen LogP contribution in [0.1, 0.15) is 42.6 Å². The Bertz CT molecular complexity index is 1100. The molecule has 0 radical (unpaired) electrons. The van der Waals surface area contributed by atoms with E-state index in [0.717, 1.165) is 30.0 Å². The van der Waals surface area contributed by atoms with E-state index in [4.69, 9.17) is 4.74 Å². The number of anilines is 2. The number of esters is 1. The highest BCUT2D eigenvalue weighted by molar-refractivity contribution is 5.93. The van der Waals surface area contributed by atoms with Gasteiger partial charge >= 0.3 is 5.97 Å². The summed E-state index contributed by atoms with van der Waals surface area (Å²) in [6.07, 6.45) is 5.78. The van der Waals surface area contributed by atoms with Crippen LogP contribution in [0.5, 0.6) is 0 Å². The number of carbonyl (C=O) groups excluding carboxylic acids is 2. The van der Waals surface area contributed by atoms with Gasteiger partial charge in [0.05, 0.1) is 0 Å². The number of hydrogen-bond acceptors (Lipinski definition) is 7. The smallest absolute Gasteiger partial charge is 0.306 e. The lowest BCUT2D eigenvalue weighted by Gasteiger charge is -2.28. The van der Waals surface area contributed by atoms with Gasteiger partial charge in [0.15, 0.2) is 6.61 Å². The number of carbonyl (C=O) groups is 2. The Morgan fingerprint density at radius 2 is 1.84 bits per heavy atom. The van der Waals surface area contributed by atoms with E-state index in [2.05, 4.69) is 25.3 Å². The van der Waals surface area contributed by atoms with Crippen LogP contribution in [0.2, 0.25) is 0 Å². The van der Waals surface area contributed by atoms with E-state index in [0.29, 0.717) is 17.9 Å². The molecule has 1 amide bonds. The Morgan fingerprint density at radius 1 is 1.09 bits per heavy atom. The first-order valence-corrected chi connectivity index (χ1v) is 11.0. The van der Waals surface area contributed by atoms with Crippen molar-refractivity contribution in [3.8, 4) is 0 Å². The van der Waals surface area contributed by atoms with Gasteiger partial charge in [-0.25, -0.2) is 9.50 Å². The molecule has 168 valence electrons. The second-order valence-corrected chi connectivity index (χ2v) is 8.04. The molecule has 1 fully saturated rings. The predicted molar refractivity (Wildman–Crippen MR) is 121 cm³/mol. The van der Waals surface area contributed by atoms with Gasteiger partial charge in [0.1, 0.15) is 6.33 Å². The predicted octanol–water partition coefficient (Wildman–Crippen LogP) is 2.85. The van der Waals surface area contributed by atoms with E-state index in [1.165, 1.54) is 31.3 Å². The first-order chi connectivity index (χ1) is 15.5. The summed E-state index contributed by atoms with van der Waals surface area (Å²) < 4.78 is 6.80. The van der Waals surface area contributed by atoms with E-state index in [1.54, 1.807) is 4.52 Å². The molecule has 0 aliphatic carbocycles. The average molecular weight is 437 g/mol. The molecule has 0 unspecified atom stereocenters. The molecule has 4 rings (SSSR count). The van der Waals surface area contributed by atoms with Crippen LogP contribution in [0.25, 0.3) is 5.78 Å². The van der Waals surface area contributed by atoms with Crippen molar-refractivity contribution in [2.45, 2.75) is 46.0 Å². The van der Waals surface area contributed by atoms with Crippen molar-refractivity contribution in [1.29, 1.82) is 0 Å². The normalized spacial score (nSPS) is 13.9. The molecule has 0 spiro atoms. The number of aromatic nitrogens is 4. The zero-order valence-electron chi connectivity index (χ0n) is 18.5. The van der Waals surface area contributed by atoms with Crippen molar-refractivity contribution in [2.75, 3.05) is 29.9 Å². The first-order valence-electron chi connectivity index (χ1n) is 11.0. The number of rotatable bonds is 7. The van der Waals surface area contributed by atoms with Gasteiger partial charge in [0, 0.05) is 42.3 Å². The highest BCUT2D eigenvalue weighted by Crippen LogP contribution is 2.22. The van der Waals surface area contributed by atoms with Crippen molar-refractivity contribution >= 4 is 29.0 Å². The molecule has 0 atom stereocenters. The maximum absolute atomic E-state index is 12.2. The highest BCUT2D eigenvalue weighted by atomic mass is 16.5. The Kier molecular flexibility index (Phi) is 6.63. The lowest BCUT2D eigenvalue weighted by molar-refractivity contribution is -0.147. The monoisotopic (exact) mass is 436 g/mol. The molecule has 1 aliphatic rings. The summed E-state index contributed by atoms with van der Waals surface area (Å²) in [5, 5.41) is 6.92. The molecule has 9 nitrogen and oxygen atoms in total. The summed E-state index contributed by atoms with van der Waals surface area (Å²) in [5.41, 5.74) is 4.48. The third-order valence-electron chi connectivity index (χ3n) is 5.80. The van der Waals surface area contributed by atoms with Crippen LogP contribution in [0.4, 0.5) is 11.4 Å². The SMILES string of the molecule is Cc1nc2ncnn2c(C)c1CCC(=O)OCC(=O)Nc1ccc(N2CCCCC2)cc1. The van der Waals surface area contributed by atoms with Gasteiger partial charge in [-0.2, -0.15) is 10.1 Å². The van der Waals surface area contributed by atoms with Crippen LogP contribution < -0.4 is 10.2 Å². The molecule has 32 heavy (non-hydrogen) atoms. The molecule has 3 heterocycles. The minimum atomic E-state index is -0.432. The fraction of sp³-hybridized carbons (Fsp3) is 0.435. The summed E-state index contributed by atoms with van der Waals surface area (Å²) in [6.45, 7) is 5.63. The van der Waals surface area contributed by atoms with E-state index in [-0.39, 0.29) is 18.9 Å². The Morgan fingerprint density at radius 3 is 2.59 bits per heavy atom. The van der Waals surface area contributed by atoms with Crippen LogP contribution in [0.3, 0.4) is 0 Å². The second kappa shape index (κ2) is 9.76. The number of hydrogen-bond donors (Lipinski definition) is 1. The third kappa shape index (κ3) is 5.04. The van der Waals surface area contributed by atoms with E-state index in [9.17, 15) is 9.59 Å². The number of benzene rings is 1. The maximum Gasteiger partial charge on any atom is 0.306 e. The quantitative estimate of drug-likeness (QED) is 0.568. The molecule has 3 aromatic rings. The van der Waals surface area contributed by atoms with Crippen molar-refractivity contribution in [3.05, 3.63) is 47.5 Å². The first kappa shape index (κ1) is 21.7. The third-order valence-corrected chi connectivity index (χ3v) is 5.80. The molecule has 1 aliphatic heterocycles. The minimum Gasteiger partial charge on any atom is -0.456 e. The lowest BCUT2D eigenvalue weighted by atomic mass is 10.1. The summed E-state index contributed by atoms with van der Waals surface area (Å²) in [6, 6.07) is 7.78. The number of nitrogens with zero attached hydrogens (tertiary/aromatic N) is 5. The topological polar surface area (TPSA) is 102 Å². The van der Waals surface area contributed by atoms with Crippen LogP contribution >= 0.6 is 0 Å². The standard InChI is InChI=1S/C23H28N6O3/c1-16-20(17(2)29-23(26-16)24-15-25-29)10-11-22(31)32-14-21(30)27-18-6-8-19(9-7-18)28-12-4-3-5-13-28/h6-9,15H,3-5,10-14H2,1-2H3,(H,27,30). The summed E-state index contributed by atoms with van der Waals surface area (Å²) in [5.74, 6) is -0.257. The molecular weight excluding hydrogens is 408 g/mol. The largest absolute Gasteiger partial charge is 0.456 e. The molecule has 1 aromatic carbocycles. The van der Waals surface area contributed by atoms with Crippen molar-refractivity contribution < 1.29 is 14.3 Å². The number of ether oxygens (including phenoxy) is 1. The summed E-state index contributed by atoms with van der Waals surface area (Å²) in [4.78, 5) is 35.2. The molecule has 1 saturated heterocycles. The van der Waals surface area contributed by atoms with Crippen molar-refractivity contribution in [3.63, 3.8) is 0 Å². The minimum absolute atomic E-state index is 0.154. The molecule has 1 N–H and O–H groups in total. The number of fused-ring (bicyclic) bond motifs is 1. The van der Waals surface area contributed by atoms with Crippen LogP contribution in [0, 0.1) is 13.8 Å². The fourth-order valence-corrected chi connectivity index (χ4v) is 4.07. The zero-order valence-corrected chi connectivity index (χ0v) is 18.5. The van der Waals surface area contributed by atoms with Crippen molar-refractivity contribution in [1.82, 2.24) is 19.6 Å². The van der Waals surface area contributed by atoms with E-state index in [1.807, 2.05) is 38.1 Å². The Hall–Kier alpha value is -3.49.